The lowest BCUT2D eigenvalue weighted by Gasteiger charge is -2.17. The number of benzene rings is 2. The molecule has 8 heteroatoms. The number of carboxylic acids is 1. The molecule has 1 fully saturated rings. The molecule has 2 aromatic rings. The summed E-state index contributed by atoms with van der Waals surface area (Å²) in [5, 5.41) is 11.4. The van der Waals surface area contributed by atoms with Gasteiger partial charge in [-0.3, -0.25) is 9.63 Å². The van der Waals surface area contributed by atoms with E-state index < -0.39 is 18.7 Å². The third kappa shape index (κ3) is 5.08. The summed E-state index contributed by atoms with van der Waals surface area (Å²) in [6.07, 6.45) is 1.99. The van der Waals surface area contributed by atoms with Crippen LogP contribution in [0.5, 0.6) is 0 Å². The molecule has 0 saturated heterocycles. The average Bonchev–Trinajstić information content (AvgIpc) is 3.34. The van der Waals surface area contributed by atoms with Gasteiger partial charge in [0.25, 0.3) is 0 Å². The highest BCUT2D eigenvalue weighted by Gasteiger charge is 2.31. The van der Waals surface area contributed by atoms with Gasteiger partial charge >= 0.3 is 12.1 Å². The van der Waals surface area contributed by atoms with Gasteiger partial charge in [0.15, 0.2) is 6.61 Å². The lowest BCUT2D eigenvalue weighted by molar-refractivity contribution is -0.149. The second kappa shape index (κ2) is 9.82. The van der Waals surface area contributed by atoms with Crippen LogP contribution in [0.2, 0.25) is 0 Å². The Morgan fingerprint density at radius 3 is 2.28 bits per heavy atom. The Hall–Kier alpha value is -3.39. The van der Waals surface area contributed by atoms with Gasteiger partial charge in [-0.25, -0.2) is 15.1 Å². The van der Waals surface area contributed by atoms with Crippen LogP contribution in [0.15, 0.2) is 48.5 Å². The molecule has 0 aromatic heterocycles. The zero-order valence-corrected chi connectivity index (χ0v) is 17.6. The summed E-state index contributed by atoms with van der Waals surface area (Å²) in [5.41, 5.74) is 6.83. The van der Waals surface area contributed by atoms with Crippen molar-refractivity contribution in [2.75, 3.05) is 13.2 Å². The van der Waals surface area contributed by atoms with Crippen molar-refractivity contribution in [1.82, 2.24) is 10.8 Å². The SMILES string of the molecule is O=C(O)CONC(=O)C[C@H]1CC[C@@H](NC(=O)OCC2c3ccccc3-c3ccccc32)C1. The number of rotatable bonds is 8. The molecule has 3 N–H and O–H groups in total. The molecule has 0 heterocycles. The Morgan fingerprint density at radius 1 is 0.969 bits per heavy atom. The number of carbonyl (C=O) groups is 3. The fourth-order valence-corrected chi connectivity index (χ4v) is 4.68. The van der Waals surface area contributed by atoms with E-state index in [1.165, 1.54) is 22.3 Å². The molecule has 0 unspecified atom stereocenters. The molecule has 0 radical (unpaired) electrons. The highest BCUT2D eigenvalue weighted by atomic mass is 16.7. The summed E-state index contributed by atoms with van der Waals surface area (Å²) in [6.45, 7) is -0.318. The molecule has 2 amide bonds. The number of nitrogens with one attached hydrogen (secondary N) is 2. The first-order valence-corrected chi connectivity index (χ1v) is 10.7. The Labute approximate surface area is 185 Å². The highest BCUT2D eigenvalue weighted by Crippen LogP contribution is 2.44. The normalized spacial score (nSPS) is 19.1. The van der Waals surface area contributed by atoms with Gasteiger partial charge in [0, 0.05) is 18.4 Å². The van der Waals surface area contributed by atoms with E-state index >= 15 is 0 Å². The van der Waals surface area contributed by atoms with Gasteiger partial charge in [-0.2, -0.15) is 0 Å². The number of carbonyl (C=O) groups excluding carboxylic acids is 2. The average molecular weight is 438 g/mol. The summed E-state index contributed by atoms with van der Waals surface area (Å²) in [5.74, 6) is -1.40. The minimum absolute atomic E-state index is 0.0129. The molecule has 32 heavy (non-hydrogen) atoms. The Morgan fingerprint density at radius 2 is 1.62 bits per heavy atom. The summed E-state index contributed by atoms with van der Waals surface area (Å²) in [6, 6.07) is 16.3. The number of ether oxygens (including phenoxy) is 1. The number of amides is 2. The molecule has 168 valence electrons. The lowest BCUT2D eigenvalue weighted by Crippen LogP contribution is -2.34. The Balaban J connectivity index is 1.24. The third-order valence-corrected chi connectivity index (χ3v) is 6.06. The van der Waals surface area contributed by atoms with E-state index in [9.17, 15) is 14.4 Å². The van der Waals surface area contributed by atoms with E-state index in [1.54, 1.807) is 0 Å². The van der Waals surface area contributed by atoms with Gasteiger partial charge in [-0.1, -0.05) is 48.5 Å². The smallest absolute Gasteiger partial charge is 0.407 e. The maximum absolute atomic E-state index is 12.4. The number of alkyl carbamates (subject to hydrolysis) is 1. The van der Waals surface area contributed by atoms with Crippen molar-refractivity contribution in [3.05, 3.63) is 59.7 Å². The van der Waals surface area contributed by atoms with Crippen LogP contribution in [0.1, 0.15) is 42.7 Å². The standard InChI is InChI=1S/C24H26N2O6/c27-22(26-32-14-23(28)29)12-15-9-10-16(11-15)25-24(30)31-13-21-19-7-3-1-5-17(19)18-6-2-4-8-20(18)21/h1-8,15-16,21H,9-14H2,(H,25,30)(H,26,27)(H,28,29)/t15-,16+/m0/s1. The summed E-state index contributed by atoms with van der Waals surface area (Å²) in [4.78, 5) is 39.2. The van der Waals surface area contributed by atoms with Crippen molar-refractivity contribution in [2.45, 2.75) is 37.6 Å². The molecule has 2 aromatic carbocycles. The second-order valence-corrected chi connectivity index (χ2v) is 8.26. The van der Waals surface area contributed by atoms with Gasteiger partial charge in [0.2, 0.25) is 5.91 Å². The van der Waals surface area contributed by atoms with Crippen LogP contribution >= 0.6 is 0 Å². The Kier molecular flexibility index (Phi) is 6.70. The maximum Gasteiger partial charge on any atom is 0.407 e. The quantitative estimate of drug-likeness (QED) is 0.546. The van der Waals surface area contributed by atoms with Crippen LogP contribution in [-0.2, 0) is 19.2 Å². The molecular formula is C24H26N2O6. The first kappa shape index (κ1) is 21.8. The van der Waals surface area contributed by atoms with Crippen LogP contribution in [0.4, 0.5) is 4.79 Å². The zero-order chi connectivity index (χ0) is 22.5. The van der Waals surface area contributed by atoms with Gasteiger partial charge in [-0.15, -0.1) is 0 Å². The highest BCUT2D eigenvalue weighted by molar-refractivity contribution is 5.79. The van der Waals surface area contributed by atoms with E-state index in [4.69, 9.17) is 9.84 Å². The van der Waals surface area contributed by atoms with E-state index in [0.717, 1.165) is 12.8 Å². The molecule has 0 bridgehead atoms. The molecule has 1 saturated carbocycles. The van der Waals surface area contributed by atoms with Crippen LogP contribution in [-0.4, -0.2) is 42.3 Å². The van der Waals surface area contributed by atoms with E-state index in [0.29, 0.717) is 6.42 Å². The molecular weight excluding hydrogens is 412 g/mol. The van der Waals surface area contributed by atoms with E-state index in [1.807, 2.05) is 24.3 Å². The molecule has 8 nitrogen and oxygen atoms in total. The predicted molar refractivity (Wildman–Crippen MR) is 116 cm³/mol. The molecule has 2 aliphatic rings. The summed E-state index contributed by atoms with van der Waals surface area (Å²) in [7, 11) is 0. The minimum Gasteiger partial charge on any atom is -0.479 e. The van der Waals surface area contributed by atoms with E-state index in [-0.39, 0.29) is 36.8 Å². The predicted octanol–water partition coefficient (Wildman–Crippen LogP) is 3.22. The first-order valence-electron chi connectivity index (χ1n) is 10.7. The number of hydroxylamine groups is 1. The van der Waals surface area contributed by atoms with Crippen LogP contribution < -0.4 is 10.8 Å². The number of aliphatic carboxylic acids is 1. The van der Waals surface area contributed by atoms with Crippen LogP contribution in [0.3, 0.4) is 0 Å². The number of fused-ring (bicyclic) bond motifs is 3. The van der Waals surface area contributed by atoms with Gasteiger partial charge < -0.3 is 15.2 Å². The molecule has 4 rings (SSSR count). The van der Waals surface area contributed by atoms with Crippen molar-refractivity contribution < 1.29 is 29.1 Å². The van der Waals surface area contributed by atoms with Crippen molar-refractivity contribution in [2.24, 2.45) is 5.92 Å². The zero-order valence-electron chi connectivity index (χ0n) is 17.6. The largest absolute Gasteiger partial charge is 0.479 e. The lowest BCUT2D eigenvalue weighted by atomic mass is 9.98. The van der Waals surface area contributed by atoms with Gasteiger partial charge in [0.05, 0.1) is 0 Å². The fraction of sp³-hybridized carbons (Fsp3) is 0.375. The minimum atomic E-state index is -1.15. The van der Waals surface area contributed by atoms with Crippen molar-refractivity contribution in [3.8, 4) is 11.1 Å². The van der Waals surface area contributed by atoms with Crippen LogP contribution in [0, 0.1) is 5.92 Å². The van der Waals surface area contributed by atoms with Crippen LogP contribution in [0.25, 0.3) is 11.1 Å². The summed E-state index contributed by atoms with van der Waals surface area (Å²) >= 11 is 0. The van der Waals surface area contributed by atoms with Crippen molar-refractivity contribution in [3.63, 3.8) is 0 Å². The molecule has 2 aliphatic carbocycles. The van der Waals surface area contributed by atoms with Crippen molar-refractivity contribution >= 4 is 18.0 Å². The van der Waals surface area contributed by atoms with E-state index in [2.05, 4.69) is 39.9 Å². The first-order chi connectivity index (χ1) is 15.5. The number of hydrogen-bond donors (Lipinski definition) is 3. The number of hydrogen-bond acceptors (Lipinski definition) is 5. The fourth-order valence-electron chi connectivity index (χ4n) is 4.68. The molecule has 0 aliphatic heterocycles. The van der Waals surface area contributed by atoms with Gasteiger partial charge in [0.1, 0.15) is 6.61 Å². The molecule has 2 atom stereocenters. The van der Waals surface area contributed by atoms with Crippen molar-refractivity contribution in [1.29, 1.82) is 0 Å². The topological polar surface area (TPSA) is 114 Å². The Bertz CT molecular complexity index is 962. The second-order valence-electron chi connectivity index (χ2n) is 8.26. The third-order valence-electron chi connectivity index (χ3n) is 6.06. The summed E-state index contributed by atoms with van der Waals surface area (Å²) < 4.78 is 5.59. The molecule has 0 spiro atoms. The van der Waals surface area contributed by atoms with Gasteiger partial charge in [-0.05, 0) is 47.4 Å². The monoisotopic (exact) mass is 438 g/mol. The number of carboxylic acid groups (broad SMARTS) is 1. The maximum atomic E-state index is 12.4.